The molecule has 0 spiro atoms. The quantitative estimate of drug-likeness (QED) is 0.843. The summed E-state index contributed by atoms with van der Waals surface area (Å²) in [7, 11) is 1.48. The molecule has 4 nitrogen and oxygen atoms in total. The maximum absolute atomic E-state index is 12.1. The van der Waals surface area contributed by atoms with Crippen molar-refractivity contribution in [3.8, 4) is 5.75 Å². The number of benzene rings is 1. The number of halogens is 3. The number of alkyl halides is 3. The maximum atomic E-state index is 12.1. The minimum Gasteiger partial charge on any atom is -0.405 e. The van der Waals surface area contributed by atoms with E-state index in [1.54, 1.807) is 6.07 Å². The zero-order valence-corrected chi connectivity index (χ0v) is 9.67. The van der Waals surface area contributed by atoms with Crippen LogP contribution in [0.15, 0.2) is 24.3 Å². The standard InChI is InChI=1S/C11H13F3N2O2/c1-15-10(17)7-16-6-8-4-2-3-5-9(8)18-11(12,13)14/h2-5,16H,6-7H2,1H3,(H,15,17). The molecule has 1 rings (SSSR count). The molecule has 0 aliphatic carbocycles. The predicted octanol–water partition coefficient (Wildman–Crippen LogP) is 1.42. The fourth-order valence-corrected chi connectivity index (χ4v) is 1.27. The van der Waals surface area contributed by atoms with E-state index in [-0.39, 0.29) is 24.7 Å². The van der Waals surface area contributed by atoms with Crippen LogP contribution in [-0.2, 0) is 11.3 Å². The van der Waals surface area contributed by atoms with Gasteiger partial charge < -0.3 is 15.4 Å². The Balaban J connectivity index is 2.62. The highest BCUT2D eigenvalue weighted by molar-refractivity contribution is 5.77. The van der Waals surface area contributed by atoms with E-state index in [9.17, 15) is 18.0 Å². The van der Waals surface area contributed by atoms with Gasteiger partial charge in [0, 0.05) is 19.2 Å². The smallest absolute Gasteiger partial charge is 0.405 e. The summed E-state index contributed by atoms with van der Waals surface area (Å²) in [6.45, 7) is 0.135. The van der Waals surface area contributed by atoms with E-state index in [1.165, 1.54) is 25.2 Å². The molecule has 0 radical (unpaired) electrons. The Hall–Kier alpha value is -1.76. The third-order valence-electron chi connectivity index (χ3n) is 2.08. The molecule has 0 fully saturated rings. The van der Waals surface area contributed by atoms with Crippen molar-refractivity contribution in [1.82, 2.24) is 10.6 Å². The number of para-hydroxylation sites is 1. The fraction of sp³-hybridized carbons (Fsp3) is 0.364. The van der Waals surface area contributed by atoms with Crippen LogP contribution in [0.3, 0.4) is 0 Å². The normalized spacial score (nSPS) is 11.1. The summed E-state index contributed by atoms with van der Waals surface area (Å²) in [5.41, 5.74) is 0.332. The van der Waals surface area contributed by atoms with Crippen LogP contribution in [0.25, 0.3) is 0 Å². The number of likely N-dealkylation sites (N-methyl/N-ethyl adjacent to an activating group) is 1. The summed E-state index contributed by atoms with van der Waals surface area (Å²) >= 11 is 0. The number of ether oxygens (including phenoxy) is 1. The van der Waals surface area contributed by atoms with Gasteiger partial charge >= 0.3 is 6.36 Å². The first-order valence-electron chi connectivity index (χ1n) is 5.17. The number of rotatable bonds is 5. The van der Waals surface area contributed by atoms with Gasteiger partial charge in [0.05, 0.1) is 6.54 Å². The first-order valence-corrected chi connectivity index (χ1v) is 5.17. The van der Waals surface area contributed by atoms with Gasteiger partial charge in [-0.1, -0.05) is 18.2 Å². The molecule has 0 atom stereocenters. The lowest BCUT2D eigenvalue weighted by Gasteiger charge is -2.13. The molecule has 18 heavy (non-hydrogen) atoms. The van der Waals surface area contributed by atoms with Crippen molar-refractivity contribution in [1.29, 1.82) is 0 Å². The number of carbonyl (C=O) groups excluding carboxylic acids is 1. The third kappa shape index (κ3) is 5.05. The molecule has 0 aromatic heterocycles. The second-order valence-corrected chi connectivity index (χ2v) is 3.43. The highest BCUT2D eigenvalue weighted by atomic mass is 19.4. The summed E-state index contributed by atoms with van der Waals surface area (Å²) in [6, 6.07) is 5.77. The van der Waals surface area contributed by atoms with E-state index in [4.69, 9.17) is 0 Å². The van der Waals surface area contributed by atoms with E-state index >= 15 is 0 Å². The molecule has 0 unspecified atom stereocenters. The molecule has 0 saturated heterocycles. The topological polar surface area (TPSA) is 50.4 Å². The van der Waals surface area contributed by atoms with Crippen molar-refractivity contribution in [2.45, 2.75) is 12.9 Å². The summed E-state index contributed by atoms with van der Waals surface area (Å²) in [5.74, 6) is -0.515. The van der Waals surface area contributed by atoms with Crippen molar-refractivity contribution >= 4 is 5.91 Å². The van der Waals surface area contributed by atoms with Gasteiger partial charge in [-0.2, -0.15) is 0 Å². The van der Waals surface area contributed by atoms with Crippen molar-refractivity contribution in [3.63, 3.8) is 0 Å². The second-order valence-electron chi connectivity index (χ2n) is 3.43. The van der Waals surface area contributed by atoms with E-state index in [0.29, 0.717) is 5.56 Å². The maximum Gasteiger partial charge on any atom is 0.573 e. The van der Waals surface area contributed by atoms with E-state index in [0.717, 1.165) is 0 Å². The monoisotopic (exact) mass is 262 g/mol. The Kier molecular flexibility index (Phi) is 4.96. The number of nitrogens with one attached hydrogen (secondary N) is 2. The molecule has 2 N–H and O–H groups in total. The van der Waals surface area contributed by atoms with Gasteiger partial charge in [-0.3, -0.25) is 4.79 Å². The molecule has 1 aromatic carbocycles. The highest BCUT2D eigenvalue weighted by Gasteiger charge is 2.31. The van der Waals surface area contributed by atoms with Gasteiger partial charge in [0.15, 0.2) is 0 Å². The van der Waals surface area contributed by atoms with Crippen LogP contribution < -0.4 is 15.4 Å². The largest absolute Gasteiger partial charge is 0.573 e. The number of carbonyl (C=O) groups is 1. The van der Waals surface area contributed by atoms with E-state index in [2.05, 4.69) is 15.4 Å². The Bertz CT molecular complexity index is 408. The second kappa shape index (κ2) is 6.25. The Morgan fingerprint density at radius 3 is 2.61 bits per heavy atom. The molecular weight excluding hydrogens is 249 g/mol. The van der Waals surface area contributed by atoms with Crippen LogP contribution in [0, 0.1) is 0 Å². The average Bonchev–Trinajstić information content (AvgIpc) is 2.29. The van der Waals surface area contributed by atoms with Crippen LogP contribution in [0.5, 0.6) is 5.75 Å². The molecule has 0 aliphatic rings. The van der Waals surface area contributed by atoms with Gasteiger partial charge in [-0.05, 0) is 6.07 Å². The first-order chi connectivity index (χ1) is 8.42. The van der Waals surface area contributed by atoms with Gasteiger partial charge in [-0.15, -0.1) is 13.2 Å². The third-order valence-corrected chi connectivity index (χ3v) is 2.08. The van der Waals surface area contributed by atoms with Gasteiger partial charge in [0.2, 0.25) is 5.91 Å². The van der Waals surface area contributed by atoms with Crippen LogP contribution in [0.2, 0.25) is 0 Å². The Labute approximate surface area is 102 Å². The van der Waals surface area contributed by atoms with Crippen molar-refractivity contribution in [2.24, 2.45) is 0 Å². The van der Waals surface area contributed by atoms with Crippen LogP contribution in [0.4, 0.5) is 13.2 Å². The van der Waals surface area contributed by atoms with Crippen molar-refractivity contribution < 1.29 is 22.7 Å². The predicted molar refractivity (Wildman–Crippen MR) is 58.9 cm³/mol. The summed E-state index contributed by atoms with van der Waals surface area (Å²) < 4.78 is 40.2. The zero-order chi connectivity index (χ0) is 13.6. The van der Waals surface area contributed by atoms with Crippen LogP contribution >= 0.6 is 0 Å². The lowest BCUT2D eigenvalue weighted by Crippen LogP contribution is -2.31. The summed E-state index contributed by atoms with van der Waals surface area (Å²) in [5, 5.41) is 5.11. The zero-order valence-electron chi connectivity index (χ0n) is 9.67. The van der Waals surface area contributed by atoms with Gasteiger partial charge in [-0.25, -0.2) is 0 Å². The van der Waals surface area contributed by atoms with Crippen molar-refractivity contribution in [3.05, 3.63) is 29.8 Å². The van der Waals surface area contributed by atoms with Crippen LogP contribution in [0.1, 0.15) is 5.56 Å². The lowest BCUT2D eigenvalue weighted by atomic mass is 10.2. The summed E-state index contributed by atoms with van der Waals surface area (Å²) in [4.78, 5) is 10.9. The van der Waals surface area contributed by atoms with E-state index in [1.807, 2.05) is 0 Å². The first kappa shape index (κ1) is 14.3. The fourth-order valence-electron chi connectivity index (χ4n) is 1.27. The Morgan fingerprint density at radius 2 is 2.00 bits per heavy atom. The Morgan fingerprint density at radius 1 is 1.33 bits per heavy atom. The molecule has 7 heteroatoms. The minimum atomic E-state index is -4.73. The summed E-state index contributed by atoms with van der Waals surface area (Å²) in [6.07, 6.45) is -4.73. The van der Waals surface area contributed by atoms with Crippen LogP contribution in [-0.4, -0.2) is 25.9 Å². The van der Waals surface area contributed by atoms with Crippen molar-refractivity contribution in [2.75, 3.05) is 13.6 Å². The highest BCUT2D eigenvalue weighted by Crippen LogP contribution is 2.25. The number of hydrogen-bond acceptors (Lipinski definition) is 3. The van der Waals surface area contributed by atoms with Gasteiger partial charge in [0.1, 0.15) is 5.75 Å². The average molecular weight is 262 g/mol. The molecule has 0 aliphatic heterocycles. The van der Waals surface area contributed by atoms with E-state index < -0.39 is 6.36 Å². The number of amides is 1. The lowest BCUT2D eigenvalue weighted by molar-refractivity contribution is -0.274. The molecular formula is C11H13F3N2O2. The van der Waals surface area contributed by atoms with Gasteiger partial charge in [0.25, 0.3) is 0 Å². The number of hydrogen-bond donors (Lipinski definition) is 2. The minimum absolute atomic E-state index is 0.0247. The molecule has 100 valence electrons. The molecule has 0 saturated carbocycles. The molecule has 0 heterocycles. The molecule has 1 aromatic rings. The molecule has 0 bridgehead atoms. The molecule has 1 amide bonds. The SMILES string of the molecule is CNC(=O)CNCc1ccccc1OC(F)(F)F.